The number of nitrogens with zero attached hydrogens (tertiary/aromatic N) is 2. The molecule has 1 aliphatic heterocycles. The first-order chi connectivity index (χ1) is 8.99. The smallest absolute Gasteiger partial charge is 0.305 e. The van der Waals surface area contributed by atoms with E-state index < -0.39 is 12.0 Å². The van der Waals surface area contributed by atoms with Gasteiger partial charge in [0.15, 0.2) is 0 Å². The zero-order valence-electron chi connectivity index (χ0n) is 10.5. The normalized spacial score (nSPS) is 19.5. The zero-order valence-corrected chi connectivity index (χ0v) is 11.3. The lowest BCUT2D eigenvalue weighted by atomic mass is 10.1. The van der Waals surface area contributed by atoms with Gasteiger partial charge < -0.3 is 19.3 Å². The van der Waals surface area contributed by atoms with E-state index in [0.717, 1.165) is 0 Å². The Kier molecular flexibility index (Phi) is 4.11. The summed E-state index contributed by atoms with van der Waals surface area (Å²) in [4.78, 5) is 24.8. The molecule has 1 saturated heterocycles. The molecular weight excluding hydrogens is 272 g/mol. The molecule has 1 amide bonds. The molecule has 1 aromatic rings. The molecule has 19 heavy (non-hydrogen) atoms. The molecule has 0 saturated carbocycles. The number of amides is 1. The molecule has 1 unspecified atom stereocenters. The van der Waals surface area contributed by atoms with E-state index in [9.17, 15) is 9.59 Å². The van der Waals surface area contributed by atoms with Crippen molar-refractivity contribution in [2.45, 2.75) is 12.5 Å². The van der Waals surface area contributed by atoms with E-state index in [1.807, 2.05) is 0 Å². The van der Waals surface area contributed by atoms with Crippen molar-refractivity contribution in [1.29, 1.82) is 0 Å². The highest BCUT2D eigenvalue weighted by Crippen LogP contribution is 2.18. The van der Waals surface area contributed by atoms with Gasteiger partial charge in [0.25, 0.3) is 5.91 Å². The topological polar surface area (TPSA) is 71.8 Å². The van der Waals surface area contributed by atoms with E-state index in [1.54, 1.807) is 28.8 Å². The number of aromatic nitrogens is 1. The summed E-state index contributed by atoms with van der Waals surface area (Å²) in [5.41, 5.74) is 0.447. The number of rotatable bonds is 3. The second-order valence-electron chi connectivity index (χ2n) is 4.48. The van der Waals surface area contributed by atoms with Crippen LogP contribution in [0.2, 0.25) is 5.02 Å². The maximum atomic E-state index is 12.4. The van der Waals surface area contributed by atoms with Crippen molar-refractivity contribution in [2.24, 2.45) is 7.05 Å². The Bertz CT molecular complexity index is 500. The summed E-state index contributed by atoms with van der Waals surface area (Å²) >= 11 is 5.86. The van der Waals surface area contributed by atoms with E-state index in [2.05, 4.69) is 0 Å². The van der Waals surface area contributed by atoms with Crippen LogP contribution in [0.1, 0.15) is 16.9 Å². The van der Waals surface area contributed by atoms with Gasteiger partial charge in [-0.2, -0.15) is 0 Å². The number of halogens is 1. The lowest BCUT2D eigenvalue weighted by Crippen LogP contribution is -2.49. The zero-order chi connectivity index (χ0) is 14.0. The Labute approximate surface area is 115 Å². The maximum Gasteiger partial charge on any atom is 0.305 e. The molecule has 2 heterocycles. The van der Waals surface area contributed by atoms with E-state index in [0.29, 0.717) is 23.9 Å². The third kappa shape index (κ3) is 3.08. The first-order valence-electron chi connectivity index (χ1n) is 5.91. The Balaban J connectivity index is 2.19. The summed E-state index contributed by atoms with van der Waals surface area (Å²) in [5.74, 6) is -1.16. The number of morpholine rings is 1. The van der Waals surface area contributed by atoms with Gasteiger partial charge in [0, 0.05) is 19.8 Å². The van der Waals surface area contributed by atoms with Gasteiger partial charge in [0.05, 0.1) is 30.7 Å². The Morgan fingerprint density at radius 3 is 2.89 bits per heavy atom. The first kappa shape index (κ1) is 13.9. The van der Waals surface area contributed by atoms with Crippen LogP contribution in [0, 0.1) is 0 Å². The van der Waals surface area contributed by atoms with Crippen molar-refractivity contribution in [3.8, 4) is 0 Å². The maximum absolute atomic E-state index is 12.4. The fourth-order valence-electron chi connectivity index (χ4n) is 2.18. The minimum absolute atomic E-state index is 0.121. The summed E-state index contributed by atoms with van der Waals surface area (Å²) in [6, 6.07) is 1.14. The Morgan fingerprint density at radius 1 is 1.58 bits per heavy atom. The van der Waals surface area contributed by atoms with Crippen molar-refractivity contribution < 1.29 is 19.4 Å². The summed E-state index contributed by atoms with van der Waals surface area (Å²) in [7, 11) is 1.73. The van der Waals surface area contributed by atoms with E-state index >= 15 is 0 Å². The highest BCUT2D eigenvalue weighted by molar-refractivity contribution is 6.31. The van der Waals surface area contributed by atoms with Crippen LogP contribution in [0.25, 0.3) is 0 Å². The highest BCUT2D eigenvalue weighted by atomic mass is 35.5. The van der Waals surface area contributed by atoms with Gasteiger partial charge in [-0.3, -0.25) is 9.59 Å². The van der Waals surface area contributed by atoms with E-state index in [-0.39, 0.29) is 18.9 Å². The minimum atomic E-state index is -0.946. The fourth-order valence-corrected chi connectivity index (χ4v) is 2.43. The molecule has 6 nitrogen and oxygen atoms in total. The van der Waals surface area contributed by atoms with Gasteiger partial charge in [0.2, 0.25) is 0 Å². The summed E-state index contributed by atoms with van der Waals surface area (Å²) in [5, 5.41) is 9.36. The van der Waals surface area contributed by atoms with Gasteiger partial charge in [-0.1, -0.05) is 11.6 Å². The Hall–Kier alpha value is -1.53. The predicted molar refractivity (Wildman–Crippen MR) is 68.3 cm³/mol. The van der Waals surface area contributed by atoms with Crippen molar-refractivity contribution in [2.75, 3.05) is 19.8 Å². The quantitative estimate of drug-likeness (QED) is 0.899. The standard InChI is InChI=1S/C12H15ClN2O4/c1-14-6-8(13)4-10(14)12(18)15-2-3-19-7-9(15)5-11(16)17/h4,6,9H,2-3,5,7H2,1H3,(H,16,17). The van der Waals surface area contributed by atoms with Crippen LogP contribution in [0.4, 0.5) is 0 Å². The van der Waals surface area contributed by atoms with Crippen molar-refractivity contribution >= 4 is 23.5 Å². The molecular formula is C12H15ClN2O4. The lowest BCUT2D eigenvalue weighted by Gasteiger charge is -2.34. The number of aliphatic carboxylic acids is 1. The number of carbonyl (C=O) groups is 2. The fraction of sp³-hybridized carbons (Fsp3) is 0.500. The number of carboxylic acids is 1. The number of aryl methyl sites for hydroxylation is 1. The second kappa shape index (κ2) is 5.63. The lowest BCUT2D eigenvalue weighted by molar-refractivity contribution is -0.139. The average molecular weight is 287 g/mol. The molecule has 0 aromatic carbocycles. The van der Waals surface area contributed by atoms with Crippen molar-refractivity contribution in [1.82, 2.24) is 9.47 Å². The Morgan fingerprint density at radius 2 is 2.32 bits per heavy atom. The van der Waals surface area contributed by atoms with Gasteiger partial charge in [-0.05, 0) is 6.07 Å². The van der Waals surface area contributed by atoms with Crippen LogP contribution >= 0.6 is 11.6 Å². The minimum Gasteiger partial charge on any atom is -0.481 e. The van der Waals surface area contributed by atoms with Gasteiger partial charge in [-0.15, -0.1) is 0 Å². The number of ether oxygens (including phenoxy) is 1. The number of hydrogen-bond acceptors (Lipinski definition) is 3. The summed E-state index contributed by atoms with van der Waals surface area (Å²) < 4.78 is 6.88. The summed E-state index contributed by atoms with van der Waals surface area (Å²) in [6.45, 7) is 1.05. The number of hydrogen-bond donors (Lipinski definition) is 1. The van der Waals surface area contributed by atoms with Gasteiger partial charge >= 0.3 is 5.97 Å². The van der Waals surface area contributed by atoms with E-state index in [4.69, 9.17) is 21.4 Å². The van der Waals surface area contributed by atoms with Crippen LogP contribution in [-0.4, -0.2) is 52.3 Å². The van der Waals surface area contributed by atoms with Crippen LogP contribution < -0.4 is 0 Å². The van der Waals surface area contributed by atoms with Crippen molar-refractivity contribution in [3.63, 3.8) is 0 Å². The summed E-state index contributed by atoms with van der Waals surface area (Å²) in [6.07, 6.45) is 1.52. The molecule has 1 aliphatic rings. The van der Waals surface area contributed by atoms with Gasteiger partial charge in [0.1, 0.15) is 5.69 Å². The average Bonchev–Trinajstić information content (AvgIpc) is 2.67. The molecule has 0 bridgehead atoms. The third-order valence-corrected chi connectivity index (χ3v) is 3.30. The molecule has 0 radical (unpaired) electrons. The monoisotopic (exact) mass is 286 g/mol. The molecule has 2 rings (SSSR count). The predicted octanol–water partition coefficient (Wildman–Crippen LogP) is 0.994. The van der Waals surface area contributed by atoms with Crippen LogP contribution in [-0.2, 0) is 16.6 Å². The molecule has 1 atom stereocenters. The molecule has 1 aromatic heterocycles. The largest absolute Gasteiger partial charge is 0.481 e. The molecule has 1 N–H and O–H groups in total. The molecule has 0 spiro atoms. The number of carboxylic acid groups (broad SMARTS) is 1. The van der Waals surface area contributed by atoms with Crippen LogP contribution in [0.15, 0.2) is 12.3 Å². The first-order valence-corrected chi connectivity index (χ1v) is 6.29. The third-order valence-electron chi connectivity index (χ3n) is 3.09. The molecule has 1 fully saturated rings. The SMILES string of the molecule is Cn1cc(Cl)cc1C(=O)N1CCOCC1CC(=O)O. The molecule has 7 heteroatoms. The highest BCUT2D eigenvalue weighted by Gasteiger charge is 2.30. The van der Waals surface area contributed by atoms with Crippen LogP contribution in [0.3, 0.4) is 0 Å². The second-order valence-corrected chi connectivity index (χ2v) is 4.92. The molecule has 104 valence electrons. The molecule has 0 aliphatic carbocycles. The van der Waals surface area contributed by atoms with Crippen molar-refractivity contribution in [3.05, 3.63) is 23.0 Å². The number of carbonyl (C=O) groups excluding carboxylic acids is 1. The van der Waals surface area contributed by atoms with Gasteiger partial charge in [-0.25, -0.2) is 0 Å². The van der Waals surface area contributed by atoms with Crippen LogP contribution in [0.5, 0.6) is 0 Å². The van der Waals surface area contributed by atoms with E-state index in [1.165, 1.54) is 0 Å².